The van der Waals surface area contributed by atoms with E-state index in [9.17, 15) is 4.79 Å². The summed E-state index contributed by atoms with van der Waals surface area (Å²) in [5.41, 5.74) is 0. The van der Waals surface area contributed by atoms with Crippen LogP contribution >= 0.6 is 0 Å². The molecular formula is C10H14N2O2. The van der Waals surface area contributed by atoms with Crippen LogP contribution in [-0.2, 0) is 0 Å². The summed E-state index contributed by atoms with van der Waals surface area (Å²) in [6, 6.07) is 1.94. The molecule has 0 radical (unpaired) electrons. The van der Waals surface area contributed by atoms with Crippen LogP contribution in [-0.4, -0.2) is 28.6 Å². The van der Waals surface area contributed by atoms with E-state index in [1.165, 1.54) is 12.6 Å². The van der Waals surface area contributed by atoms with Crippen molar-refractivity contribution in [2.24, 2.45) is 0 Å². The Kier molecular flexibility index (Phi) is 2.52. The fourth-order valence-corrected chi connectivity index (χ4v) is 1.87. The Morgan fingerprint density at radius 2 is 2.50 bits per heavy atom. The van der Waals surface area contributed by atoms with Crippen molar-refractivity contribution in [2.45, 2.75) is 32.2 Å². The van der Waals surface area contributed by atoms with Crippen LogP contribution in [0, 0.1) is 0 Å². The summed E-state index contributed by atoms with van der Waals surface area (Å²) in [6.45, 7) is 2.91. The molecule has 1 aromatic rings. The number of aromatic nitrogens is 1. The zero-order chi connectivity index (χ0) is 9.97. The lowest BCUT2D eigenvalue weighted by Gasteiger charge is -2.32. The first-order valence-electron chi connectivity index (χ1n) is 5.00. The molecule has 2 rings (SSSR count). The third kappa shape index (κ3) is 1.64. The zero-order valence-corrected chi connectivity index (χ0v) is 8.27. The van der Waals surface area contributed by atoms with Gasteiger partial charge in [0.25, 0.3) is 5.91 Å². The van der Waals surface area contributed by atoms with Gasteiger partial charge in [-0.05, 0) is 26.2 Å². The normalized spacial score (nSPS) is 22.4. The van der Waals surface area contributed by atoms with Gasteiger partial charge in [0, 0.05) is 18.7 Å². The summed E-state index contributed by atoms with van der Waals surface area (Å²) in [6.07, 6.45) is 4.88. The monoisotopic (exact) mass is 194 g/mol. The Morgan fingerprint density at radius 3 is 3.14 bits per heavy atom. The molecule has 0 spiro atoms. The van der Waals surface area contributed by atoms with Crippen LogP contribution in [0.15, 0.2) is 16.8 Å². The van der Waals surface area contributed by atoms with Crippen molar-refractivity contribution >= 4 is 5.91 Å². The van der Waals surface area contributed by atoms with E-state index in [0.717, 1.165) is 19.4 Å². The van der Waals surface area contributed by atoms with Gasteiger partial charge in [0.2, 0.25) is 5.76 Å². The van der Waals surface area contributed by atoms with E-state index in [2.05, 4.69) is 12.1 Å². The van der Waals surface area contributed by atoms with Gasteiger partial charge in [-0.3, -0.25) is 4.79 Å². The molecule has 0 bridgehead atoms. The predicted molar refractivity (Wildman–Crippen MR) is 50.9 cm³/mol. The zero-order valence-electron chi connectivity index (χ0n) is 8.27. The maximum atomic E-state index is 11.9. The fraction of sp³-hybridized carbons (Fsp3) is 0.600. The molecule has 14 heavy (non-hydrogen) atoms. The first-order valence-corrected chi connectivity index (χ1v) is 5.00. The number of hydrogen-bond acceptors (Lipinski definition) is 3. The molecule has 1 aliphatic rings. The van der Waals surface area contributed by atoms with Gasteiger partial charge in [0.15, 0.2) is 0 Å². The number of rotatable bonds is 1. The van der Waals surface area contributed by atoms with Gasteiger partial charge < -0.3 is 9.42 Å². The van der Waals surface area contributed by atoms with Crippen LogP contribution in [0.1, 0.15) is 36.7 Å². The summed E-state index contributed by atoms with van der Waals surface area (Å²) in [5, 5.41) is 3.54. The van der Waals surface area contributed by atoms with Gasteiger partial charge in [-0.15, -0.1) is 0 Å². The highest BCUT2D eigenvalue weighted by atomic mass is 16.5. The van der Waals surface area contributed by atoms with Crippen molar-refractivity contribution in [2.75, 3.05) is 6.54 Å². The van der Waals surface area contributed by atoms with Crippen molar-refractivity contribution in [3.63, 3.8) is 0 Å². The van der Waals surface area contributed by atoms with E-state index in [-0.39, 0.29) is 5.91 Å². The number of hydrogen-bond donors (Lipinski definition) is 0. The van der Waals surface area contributed by atoms with E-state index in [4.69, 9.17) is 4.52 Å². The second-order valence-corrected chi connectivity index (χ2v) is 3.72. The van der Waals surface area contributed by atoms with Crippen molar-refractivity contribution in [3.8, 4) is 0 Å². The number of nitrogens with zero attached hydrogens (tertiary/aromatic N) is 2. The minimum atomic E-state index is -0.0327. The molecule has 1 saturated heterocycles. The lowest BCUT2D eigenvalue weighted by Crippen LogP contribution is -2.41. The van der Waals surface area contributed by atoms with Gasteiger partial charge in [-0.25, -0.2) is 0 Å². The predicted octanol–water partition coefficient (Wildman–Crippen LogP) is 1.69. The highest BCUT2D eigenvalue weighted by Crippen LogP contribution is 2.18. The maximum Gasteiger partial charge on any atom is 0.292 e. The van der Waals surface area contributed by atoms with Crippen LogP contribution in [0.25, 0.3) is 0 Å². The van der Waals surface area contributed by atoms with Crippen LogP contribution < -0.4 is 0 Å². The smallest absolute Gasteiger partial charge is 0.292 e. The molecular weight excluding hydrogens is 180 g/mol. The Bertz CT molecular complexity index is 308. The van der Waals surface area contributed by atoms with Crippen molar-refractivity contribution in [3.05, 3.63) is 18.0 Å². The summed E-state index contributed by atoms with van der Waals surface area (Å²) >= 11 is 0. The second-order valence-electron chi connectivity index (χ2n) is 3.72. The molecule has 1 aromatic heterocycles. The average molecular weight is 194 g/mol. The molecule has 1 atom stereocenters. The SMILES string of the molecule is CC1CCCCN1C(=O)c1ccno1. The molecule has 4 heteroatoms. The Morgan fingerprint density at radius 1 is 1.64 bits per heavy atom. The van der Waals surface area contributed by atoms with Gasteiger partial charge in [0.05, 0.1) is 6.20 Å². The quantitative estimate of drug-likeness (QED) is 0.683. The van der Waals surface area contributed by atoms with E-state index < -0.39 is 0 Å². The average Bonchev–Trinajstić information content (AvgIpc) is 2.70. The molecule has 2 heterocycles. The molecule has 4 nitrogen and oxygen atoms in total. The fourth-order valence-electron chi connectivity index (χ4n) is 1.87. The van der Waals surface area contributed by atoms with Crippen LogP contribution in [0.5, 0.6) is 0 Å². The molecule has 1 amide bonds. The molecule has 1 fully saturated rings. The molecule has 1 unspecified atom stereocenters. The van der Waals surface area contributed by atoms with Crippen LogP contribution in [0.2, 0.25) is 0 Å². The molecule has 0 N–H and O–H groups in total. The molecule has 76 valence electrons. The van der Waals surface area contributed by atoms with Gasteiger partial charge in [0.1, 0.15) is 0 Å². The van der Waals surface area contributed by atoms with E-state index in [1.807, 2.05) is 4.90 Å². The lowest BCUT2D eigenvalue weighted by molar-refractivity contribution is 0.0593. The molecule has 0 saturated carbocycles. The maximum absolute atomic E-state index is 11.9. The first kappa shape index (κ1) is 9.24. The van der Waals surface area contributed by atoms with E-state index in [1.54, 1.807) is 6.07 Å². The Balaban J connectivity index is 2.10. The second kappa shape index (κ2) is 3.82. The summed E-state index contributed by atoms with van der Waals surface area (Å²) in [7, 11) is 0. The topological polar surface area (TPSA) is 46.3 Å². The largest absolute Gasteiger partial charge is 0.351 e. The third-order valence-corrected chi connectivity index (χ3v) is 2.71. The standard InChI is InChI=1S/C10H14N2O2/c1-8-4-2-3-7-12(8)10(13)9-5-6-11-14-9/h5-6,8H,2-4,7H2,1H3. The highest BCUT2D eigenvalue weighted by Gasteiger charge is 2.25. The van der Waals surface area contributed by atoms with Crippen molar-refractivity contribution in [1.82, 2.24) is 10.1 Å². The lowest BCUT2D eigenvalue weighted by atomic mass is 10.0. The van der Waals surface area contributed by atoms with E-state index in [0.29, 0.717) is 11.8 Å². The van der Waals surface area contributed by atoms with Gasteiger partial charge in [-0.1, -0.05) is 5.16 Å². The molecule has 1 aliphatic heterocycles. The first-order chi connectivity index (χ1) is 6.79. The Labute approximate surface area is 82.9 Å². The summed E-state index contributed by atoms with van der Waals surface area (Å²) in [4.78, 5) is 13.7. The van der Waals surface area contributed by atoms with Crippen molar-refractivity contribution < 1.29 is 9.32 Å². The molecule has 0 aromatic carbocycles. The third-order valence-electron chi connectivity index (χ3n) is 2.71. The minimum absolute atomic E-state index is 0.0327. The van der Waals surface area contributed by atoms with Gasteiger partial charge in [-0.2, -0.15) is 0 Å². The highest BCUT2D eigenvalue weighted by molar-refractivity contribution is 5.91. The number of likely N-dealkylation sites (tertiary alicyclic amines) is 1. The number of carbonyl (C=O) groups is 1. The van der Waals surface area contributed by atoms with Crippen LogP contribution in [0.4, 0.5) is 0 Å². The summed E-state index contributed by atoms with van der Waals surface area (Å²) < 4.78 is 4.86. The Hall–Kier alpha value is -1.32. The number of amides is 1. The molecule has 0 aliphatic carbocycles. The number of carbonyl (C=O) groups excluding carboxylic acids is 1. The van der Waals surface area contributed by atoms with Crippen molar-refractivity contribution in [1.29, 1.82) is 0 Å². The number of piperidine rings is 1. The van der Waals surface area contributed by atoms with E-state index >= 15 is 0 Å². The summed E-state index contributed by atoms with van der Waals surface area (Å²) in [5.74, 6) is 0.313. The van der Waals surface area contributed by atoms with Crippen LogP contribution in [0.3, 0.4) is 0 Å². The minimum Gasteiger partial charge on any atom is -0.351 e. The van der Waals surface area contributed by atoms with Gasteiger partial charge >= 0.3 is 0 Å².